The smallest absolute Gasteiger partial charge is 0.138 e. The predicted octanol–water partition coefficient (Wildman–Crippen LogP) is 5.63. The first-order chi connectivity index (χ1) is 9.93. The third-order valence-electron chi connectivity index (χ3n) is 3.74. The van der Waals surface area contributed by atoms with Crippen molar-refractivity contribution < 1.29 is 4.42 Å². The lowest BCUT2D eigenvalue weighted by atomic mass is 9.96. The van der Waals surface area contributed by atoms with E-state index in [0.717, 1.165) is 35.3 Å². The molecule has 0 aliphatic heterocycles. The Hall–Kier alpha value is -0.800. The zero-order valence-electron chi connectivity index (χ0n) is 13.7. The Morgan fingerprint density at radius 2 is 1.90 bits per heavy atom. The zero-order valence-corrected chi connectivity index (χ0v) is 15.3. The topological polar surface area (TPSA) is 25.2 Å². The normalized spacial score (nSPS) is 12.0. The molecular weight excluding hydrogens is 326 g/mol. The second kappa shape index (κ2) is 6.97. The summed E-state index contributed by atoms with van der Waals surface area (Å²) < 4.78 is 7.40. The molecule has 0 saturated carbocycles. The van der Waals surface area contributed by atoms with Crippen LogP contribution in [-0.2, 0) is 13.0 Å². The van der Waals surface area contributed by atoms with Crippen LogP contribution in [0.3, 0.4) is 0 Å². The SMILES string of the molecule is CCNCc1oc2c(C(C)C)cc(Br)cc2c1CC(C)C. The van der Waals surface area contributed by atoms with E-state index in [2.05, 4.69) is 68.0 Å². The van der Waals surface area contributed by atoms with E-state index in [9.17, 15) is 0 Å². The fraction of sp³-hybridized carbons (Fsp3) is 0.556. The summed E-state index contributed by atoms with van der Waals surface area (Å²) in [7, 11) is 0. The van der Waals surface area contributed by atoms with E-state index in [4.69, 9.17) is 4.42 Å². The van der Waals surface area contributed by atoms with Gasteiger partial charge in [0.05, 0.1) is 6.54 Å². The summed E-state index contributed by atoms with van der Waals surface area (Å²) >= 11 is 3.66. The molecule has 2 nitrogen and oxygen atoms in total. The number of hydrogen-bond acceptors (Lipinski definition) is 2. The average molecular weight is 352 g/mol. The maximum absolute atomic E-state index is 6.27. The highest BCUT2D eigenvalue weighted by molar-refractivity contribution is 9.10. The molecule has 1 heterocycles. The minimum absolute atomic E-state index is 0.454. The van der Waals surface area contributed by atoms with Gasteiger partial charge in [-0.05, 0) is 42.5 Å². The number of rotatable bonds is 6. The number of benzene rings is 1. The van der Waals surface area contributed by atoms with Crippen LogP contribution in [0.2, 0.25) is 0 Å². The van der Waals surface area contributed by atoms with E-state index in [1.165, 1.54) is 16.5 Å². The van der Waals surface area contributed by atoms with Crippen molar-refractivity contribution in [3.05, 3.63) is 33.5 Å². The summed E-state index contributed by atoms with van der Waals surface area (Å²) in [5.74, 6) is 2.17. The minimum Gasteiger partial charge on any atom is -0.459 e. The molecular formula is C18H26BrNO. The van der Waals surface area contributed by atoms with Crippen molar-refractivity contribution in [2.24, 2.45) is 5.92 Å². The van der Waals surface area contributed by atoms with E-state index in [1.807, 2.05) is 0 Å². The van der Waals surface area contributed by atoms with Crippen LogP contribution in [0.5, 0.6) is 0 Å². The first kappa shape index (κ1) is 16.6. The van der Waals surface area contributed by atoms with Crippen molar-refractivity contribution in [3.63, 3.8) is 0 Å². The fourth-order valence-electron chi connectivity index (χ4n) is 2.73. The second-order valence-electron chi connectivity index (χ2n) is 6.41. The largest absolute Gasteiger partial charge is 0.459 e. The monoisotopic (exact) mass is 351 g/mol. The van der Waals surface area contributed by atoms with Gasteiger partial charge in [0.15, 0.2) is 0 Å². The summed E-state index contributed by atoms with van der Waals surface area (Å²) in [5, 5.41) is 4.67. The summed E-state index contributed by atoms with van der Waals surface area (Å²) in [4.78, 5) is 0. The molecule has 21 heavy (non-hydrogen) atoms. The molecule has 0 spiro atoms. The highest BCUT2D eigenvalue weighted by Crippen LogP contribution is 2.36. The fourth-order valence-corrected chi connectivity index (χ4v) is 3.21. The average Bonchev–Trinajstić information content (AvgIpc) is 2.73. The lowest BCUT2D eigenvalue weighted by molar-refractivity contribution is 0.503. The Morgan fingerprint density at radius 1 is 1.19 bits per heavy atom. The molecule has 0 radical (unpaired) electrons. The molecule has 1 N–H and O–H groups in total. The molecule has 2 aromatic rings. The van der Waals surface area contributed by atoms with Crippen molar-refractivity contribution in [3.8, 4) is 0 Å². The van der Waals surface area contributed by atoms with E-state index in [-0.39, 0.29) is 0 Å². The van der Waals surface area contributed by atoms with Crippen LogP contribution in [0.15, 0.2) is 21.0 Å². The van der Waals surface area contributed by atoms with Gasteiger partial charge in [0.1, 0.15) is 11.3 Å². The molecule has 0 bridgehead atoms. The van der Waals surface area contributed by atoms with Crippen molar-refractivity contribution in [2.75, 3.05) is 6.54 Å². The van der Waals surface area contributed by atoms with Gasteiger partial charge in [-0.15, -0.1) is 0 Å². The highest BCUT2D eigenvalue weighted by Gasteiger charge is 2.19. The van der Waals surface area contributed by atoms with Crippen LogP contribution in [0, 0.1) is 5.92 Å². The van der Waals surface area contributed by atoms with Crippen LogP contribution < -0.4 is 5.32 Å². The zero-order chi connectivity index (χ0) is 15.6. The summed E-state index contributed by atoms with van der Waals surface area (Å²) in [5.41, 5.74) is 3.72. The molecule has 0 fully saturated rings. The van der Waals surface area contributed by atoms with E-state index < -0.39 is 0 Å². The second-order valence-corrected chi connectivity index (χ2v) is 7.32. The van der Waals surface area contributed by atoms with Crippen LogP contribution in [0.1, 0.15) is 57.4 Å². The predicted molar refractivity (Wildman–Crippen MR) is 93.9 cm³/mol. The van der Waals surface area contributed by atoms with Gasteiger partial charge in [0, 0.05) is 15.4 Å². The Bertz CT molecular complexity index is 613. The lowest BCUT2D eigenvalue weighted by Gasteiger charge is -2.08. The molecule has 2 rings (SSSR count). The van der Waals surface area contributed by atoms with Gasteiger partial charge in [-0.25, -0.2) is 0 Å². The highest BCUT2D eigenvalue weighted by atomic mass is 79.9. The molecule has 1 aromatic carbocycles. The Labute approximate surface area is 136 Å². The maximum Gasteiger partial charge on any atom is 0.138 e. The number of hydrogen-bond donors (Lipinski definition) is 1. The van der Waals surface area contributed by atoms with Crippen LogP contribution >= 0.6 is 15.9 Å². The molecule has 0 aliphatic rings. The summed E-state index contributed by atoms with van der Waals surface area (Å²) in [6, 6.07) is 4.39. The first-order valence-electron chi connectivity index (χ1n) is 7.88. The van der Waals surface area contributed by atoms with Gasteiger partial charge in [-0.1, -0.05) is 50.5 Å². The van der Waals surface area contributed by atoms with Crippen molar-refractivity contribution in [2.45, 2.75) is 53.5 Å². The van der Waals surface area contributed by atoms with Crippen LogP contribution in [0.4, 0.5) is 0 Å². The minimum atomic E-state index is 0.454. The first-order valence-corrected chi connectivity index (χ1v) is 8.67. The Balaban J connectivity index is 2.63. The lowest BCUT2D eigenvalue weighted by Crippen LogP contribution is -2.12. The molecule has 3 heteroatoms. The van der Waals surface area contributed by atoms with Gasteiger partial charge < -0.3 is 9.73 Å². The van der Waals surface area contributed by atoms with Crippen molar-refractivity contribution in [1.82, 2.24) is 5.32 Å². The Kier molecular flexibility index (Phi) is 5.50. The number of furan rings is 1. The number of fused-ring (bicyclic) bond motifs is 1. The molecule has 116 valence electrons. The van der Waals surface area contributed by atoms with Gasteiger partial charge in [-0.2, -0.15) is 0 Å². The van der Waals surface area contributed by atoms with Gasteiger partial charge in [0.25, 0.3) is 0 Å². The van der Waals surface area contributed by atoms with Gasteiger partial charge >= 0.3 is 0 Å². The van der Waals surface area contributed by atoms with Crippen molar-refractivity contribution >= 4 is 26.9 Å². The summed E-state index contributed by atoms with van der Waals surface area (Å²) in [6.45, 7) is 12.8. The number of nitrogens with one attached hydrogen (secondary N) is 1. The van der Waals surface area contributed by atoms with E-state index >= 15 is 0 Å². The quantitative estimate of drug-likeness (QED) is 0.729. The molecule has 0 atom stereocenters. The molecule has 0 amide bonds. The van der Waals surface area contributed by atoms with E-state index in [0.29, 0.717) is 11.8 Å². The third-order valence-corrected chi connectivity index (χ3v) is 4.20. The number of halogens is 1. The molecule has 1 aromatic heterocycles. The molecule has 0 unspecified atom stereocenters. The molecule has 0 saturated heterocycles. The molecule has 0 aliphatic carbocycles. The van der Waals surface area contributed by atoms with Crippen LogP contribution in [-0.4, -0.2) is 6.54 Å². The van der Waals surface area contributed by atoms with Gasteiger partial charge in [-0.3, -0.25) is 0 Å². The standard InChI is InChI=1S/C18H26BrNO/c1-6-20-10-17-15(7-11(2)3)16-9-13(19)8-14(12(4)5)18(16)21-17/h8-9,11-12,20H,6-7,10H2,1-5H3. The van der Waals surface area contributed by atoms with E-state index in [1.54, 1.807) is 0 Å². The van der Waals surface area contributed by atoms with Gasteiger partial charge in [0.2, 0.25) is 0 Å². The van der Waals surface area contributed by atoms with Crippen molar-refractivity contribution in [1.29, 1.82) is 0 Å². The third kappa shape index (κ3) is 3.70. The van der Waals surface area contributed by atoms with Crippen LogP contribution in [0.25, 0.3) is 11.0 Å². The maximum atomic E-state index is 6.27. The summed E-state index contributed by atoms with van der Waals surface area (Å²) in [6.07, 6.45) is 1.06. The Morgan fingerprint density at radius 3 is 2.48 bits per heavy atom.